The molecule has 5 heteroatoms. The van der Waals surface area contributed by atoms with Gasteiger partial charge in [0.1, 0.15) is 5.82 Å². The van der Waals surface area contributed by atoms with Gasteiger partial charge in [0.05, 0.1) is 30.3 Å². The summed E-state index contributed by atoms with van der Waals surface area (Å²) in [5.41, 5.74) is 1.01. The Morgan fingerprint density at radius 2 is 2.00 bits per heavy atom. The number of nitrogens with one attached hydrogen (secondary N) is 1. The summed E-state index contributed by atoms with van der Waals surface area (Å²) in [7, 11) is 0. The third kappa shape index (κ3) is 3.65. The van der Waals surface area contributed by atoms with Crippen LogP contribution in [0.2, 0.25) is 0 Å². The van der Waals surface area contributed by atoms with Crippen molar-refractivity contribution >= 4 is 5.82 Å². The van der Waals surface area contributed by atoms with E-state index < -0.39 is 0 Å². The average molecular weight is 250 g/mol. The molecule has 1 aromatic rings. The lowest BCUT2D eigenvalue weighted by atomic mass is 10.2. The Bertz CT molecular complexity index is 358. The quantitative estimate of drug-likeness (QED) is 0.878. The summed E-state index contributed by atoms with van der Waals surface area (Å²) in [4.78, 5) is 11.1. The van der Waals surface area contributed by atoms with Gasteiger partial charge < -0.3 is 10.1 Å². The zero-order valence-electron chi connectivity index (χ0n) is 11.4. The summed E-state index contributed by atoms with van der Waals surface area (Å²) in [6, 6.07) is 0. The van der Waals surface area contributed by atoms with Crippen LogP contribution in [0.1, 0.15) is 26.5 Å². The van der Waals surface area contributed by atoms with Crippen LogP contribution >= 0.6 is 0 Å². The molecule has 1 aliphatic rings. The van der Waals surface area contributed by atoms with E-state index >= 15 is 0 Å². The average Bonchev–Trinajstić information content (AvgIpc) is 2.31. The van der Waals surface area contributed by atoms with Crippen LogP contribution < -0.4 is 5.32 Å². The van der Waals surface area contributed by atoms with Gasteiger partial charge in [-0.05, 0) is 20.8 Å². The fourth-order valence-electron chi connectivity index (χ4n) is 2.35. The van der Waals surface area contributed by atoms with Gasteiger partial charge in [-0.15, -0.1) is 0 Å². The van der Waals surface area contributed by atoms with E-state index in [2.05, 4.69) is 34.0 Å². The fraction of sp³-hybridized carbons (Fsp3) is 0.692. The van der Waals surface area contributed by atoms with Crippen molar-refractivity contribution in [3.63, 3.8) is 0 Å². The molecule has 1 aliphatic heterocycles. The number of hydrogen-bond donors (Lipinski definition) is 1. The molecule has 0 aromatic carbocycles. The zero-order valence-corrected chi connectivity index (χ0v) is 11.4. The Hall–Kier alpha value is -1.20. The number of aromatic nitrogens is 2. The molecule has 1 N–H and O–H groups in total. The number of anilines is 1. The number of ether oxygens (including phenoxy) is 1. The minimum absolute atomic E-state index is 0.294. The minimum atomic E-state index is 0.294. The number of morpholine rings is 1. The highest BCUT2D eigenvalue weighted by Crippen LogP contribution is 2.13. The van der Waals surface area contributed by atoms with Gasteiger partial charge in [-0.25, -0.2) is 4.98 Å². The van der Waals surface area contributed by atoms with E-state index in [4.69, 9.17) is 4.74 Å². The highest BCUT2D eigenvalue weighted by Gasteiger charge is 2.22. The third-order valence-corrected chi connectivity index (χ3v) is 2.94. The van der Waals surface area contributed by atoms with Crippen molar-refractivity contribution in [2.75, 3.05) is 25.0 Å². The second-order valence-electron chi connectivity index (χ2n) is 4.87. The number of nitrogens with zero attached hydrogens (tertiary/aromatic N) is 3. The molecule has 2 atom stereocenters. The van der Waals surface area contributed by atoms with Gasteiger partial charge in [-0.3, -0.25) is 9.88 Å². The number of rotatable bonds is 4. The van der Waals surface area contributed by atoms with Gasteiger partial charge in [0.15, 0.2) is 0 Å². The van der Waals surface area contributed by atoms with Crippen molar-refractivity contribution in [3.05, 3.63) is 18.1 Å². The molecule has 2 rings (SSSR count). The molecule has 0 bridgehead atoms. The smallest absolute Gasteiger partial charge is 0.144 e. The van der Waals surface area contributed by atoms with Crippen LogP contribution in [-0.2, 0) is 11.3 Å². The topological polar surface area (TPSA) is 50.3 Å². The molecule has 1 fully saturated rings. The molecule has 100 valence electrons. The molecular weight excluding hydrogens is 228 g/mol. The van der Waals surface area contributed by atoms with E-state index in [0.717, 1.165) is 37.7 Å². The molecule has 0 spiro atoms. The van der Waals surface area contributed by atoms with Crippen LogP contribution in [0.5, 0.6) is 0 Å². The predicted molar refractivity (Wildman–Crippen MR) is 71.5 cm³/mol. The lowest BCUT2D eigenvalue weighted by Gasteiger charge is -2.34. The summed E-state index contributed by atoms with van der Waals surface area (Å²) < 4.78 is 5.72. The predicted octanol–water partition coefficient (Wildman–Crippen LogP) is 1.52. The van der Waals surface area contributed by atoms with Gasteiger partial charge >= 0.3 is 0 Å². The normalized spacial score (nSPS) is 25.1. The van der Waals surface area contributed by atoms with Crippen molar-refractivity contribution in [1.82, 2.24) is 14.9 Å². The Labute approximate surface area is 109 Å². The first-order chi connectivity index (χ1) is 8.67. The van der Waals surface area contributed by atoms with Crippen LogP contribution in [0.15, 0.2) is 12.4 Å². The molecule has 0 saturated carbocycles. The van der Waals surface area contributed by atoms with Gasteiger partial charge in [0, 0.05) is 26.2 Å². The maximum atomic E-state index is 5.72. The Kier molecular flexibility index (Phi) is 4.49. The molecule has 2 unspecified atom stereocenters. The van der Waals surface area contributed by atoms with E-state index in [1.807, 2.05) is 13.1 Å². The lowest BCUT2D eigenvalue weighted by Crippen LogP contribution is -2.44. The van der Waals surface area contributed by atoms with E-state index in [0.29, 0.717) is 12.2 Å². The molecule has 1 aromatic heterocycles. The van der Waals surface area contributed by atoms with Crippen LogP contribution in [-0.4, -0.2) is 46.7 Å². The van der Waals surface area contributed by atoms with Gasteiger partial charge in [0.25, 0.3) is 0 Å². The second kappa shape index (κ2) is 6.11. The maximum absolute atomic E-state index is 5.72. The molecule has 1 saturated heterocycles. The highest BCUT2D eigenvalue weighted by molar-refractivity contribution is 5.30. The standard InChI is InChI=1S/C13H22N4O/c1-4-14-13-6-15-12(5-16-13)9-17-7-10(2)18-11(3)8-17/h5-6,10-11H,4,7-9H2,1-3H3,(H,14,16). The second-order valence-corrected chi connectivity index (χ2v) is 4.87. The summed E-state index contributed by atoms with van der Waals surface area (Å²) in [6.07, 6.45) is 4.24. The summed E-state index contributed by atoms with van der Waals surface area (Å²) in [6.45, 7) is 9.91. The lowest BCUT2D eigenvalue weighted by molar-refractivity contribution is -0.0707. The van der Waals surface area contributed by atoms with E-state index in [1.54, 1.807) is 6.20 Å². The van der Waals surface area contributed by atoms with Gasteiger partial charge in [-0.1, -0.05) is 0 Å². The van der Waals surface area contributed by atoms with Crippen molar-refractivity contribution < 1.29 is 4.74 Å². The van der Waals surface area contributed by atoms with Crippen LogP contribution in [0, 0.1) is 0 Å². The van der Waals surface area contributed by atoms with Crippen LogP contribution in [0.3, 0.4) is 0 Å². The molecule has 2 heterocycles. The molecular formula is C13H22N4O. The van der Waals surface area contributed by atoms with Crippen molar-refractivity contribution in [2.45, 2.75) is 39.5 Å². The highest BCUT2D eigenvalue weighted by atomic mass is 16.5. The maximum Gasteiger partial charge on any atom is 0.144 e. The third-order valence-electron chi connectivity index (χ3n) is 2.94. The van der Waals surface area contributed by atoms with Crippen molar-refractivity contribution in [3.8, 4) is 0 Å². The van der Waals surface area contributed by atoms with Gasteiger partial charge in [-0.2, -0.15) is 0 Å². The molecule has 0 aliphatic carbocycles. The summed E-state index contributed by atoms with van der Waals surface area (Å²) in [5, 5.41) is 3.15. The zero-order chi connectivity index (χ0) is 13.0. The van der Waals surface area contributed by atoms with Crippen LogP contribution in [0.4, 0.5) is 5.82 Å². The Morgan fingerprint density at radius 3 is 2.56 bits per heavy atom. The van der Waals surface area contributed by atoms with Crippen molar-refractivity contribution in [1.29, 1.82) is 0 Å². The SMILES string of the molecule is CCNc1cnc(CN2CC(C)OC(C)C2)cn1. The minimum Gasteiger partial charge on any atom is -0.373 e. The van der Waals surface area contributed by atoms with Crippen molar-refractivity contribution in [2.24, 2.45) is 0 Å². The molecule has 0 radical (unpaired) electrons. The van der Waals surface area contributed by atoms with Gasteiger partial charge in [0.2, 0.25) is 0 Å². The monoisotopic (exact) mass is 250 g/mol. The first-order valence-corrected chi connectivity index (χ1v) is 6.60. The van der Waals surface area contributed by atoms with E-state index in [9.17, 15) is 0 Å². The first-order valence-electron chi connectivity index (χ1n) is 6.60. The Morgan fingerprint density at radius 1 is 1.28 bits per heavy atom. The van der Waals surface area contributed by atoms with Crippen LogP contribution in [0.25, 0.3) is 0 Å². The summed E-state index contributed by atoms with van der Waals surface area (Å²) in [5.74, 6) is 0.838. The summed E-state index contributed by atoms with van der Waals surface area (Å²) >= 11 is 0. The number of hydrogen-bond acceptors (Lipinski definition) is 5. The largest absolute Gasteiger partial charge is 0.373 e. The van der Waals surface area contributed by atoms with E-state index in [1.165, 1.54) is 0 Å². The molecule has 5 nitrogen and oxygen atoms in total. The molecule has 18 heavy (non-hydrogen) atoms. The molecule has 0 amide bonds. The fourth-order valence-corrected chi connectivity index (χ4v) is 2.35. The first kappa shape index (κ1) is 13.2. The van der Waals surface area contributed by atoms with E-state index in [-0.39, 0.29) is 0 Å². The Balaban J connectivity index is 1.92.